The van der Waals surface area contributed by atoms with E-state index >= 15 is 0 Å². The zero-order valence-electron chi connectivity index (χ0n) is 17.4. The predicted molar refractivity (Wildman–Crippen MR) is 113 cm³/mol. The van der Waals surface area contributed by atoms with E-state index in [1.165, 1.54) is 29.0 Å². The molecule has 0 radical (unpaired) electrons. The van der Waals surface area contributed by atoms with E-state index in [0.717, 1.165) is 17.7 Å². The molecule has 0 aromatic heterocycles. The van der Waals surface area contributed by atoms with Crippen LogP contribution >= 0.6 is 0 Å². The Morgan fingerprint density at radius 3 is 2.10 bits per heavy atom. The fraction of sp³-hybridized carbons (Fsp3) is 0.409. The third-order valence-electron chi connectivity index (χ3n) is 4.88. The van der Waals surface area contributed by atoms with Gasteiger partial charge in [0.1, 0.15) is 5.82 Å². The summed E-state index contributed by atoms with van der Waals surface area (Å²) in [5, 5.41) is 2.95. The van der Waals surface area contributed by atoms with Crippen molar-refractivity contribution in [2.75, 3.05) is 13.6 Å². The molecule has 5 nitrogen and oxygen atoms in total. The van der Waals surface area contributed by atoms with Gasteiger partial charge < -0.3 is 5.32 Å². The van der Waals surface area contributed by atoms with Gasteiger partial charge in [0.05, 0.1) is 10.9 Å². The fourth-order valence-electron chi connectivity index (χ4n) is 2.94. The lowest BCUT2D eigenvalue weighted by atomic mass is 9.99. The van der Waals surface area contributed by atoms with E-state index in [2.05, 4.69) is 31.3 Å². The minimum atomic E-state index is -3.70. The van der Waals surface area contributed by atoms with Crippen LogP contribution in [0, 0.1) is 5.82 Å². The maximum atomic E-state index is 13.0. The van der Waals surface area contributed by atoms with Crippen LogP contribution in [0.4, 0.5) is 4.39 Å². The van der Waals surface area contributed by atoms with Crippen molar-refractivity contribution in [2.45, 2.75) is 50.5 Å². The van der Waals surface area contributed by atoms with Crippen LogP contribution in [0.3, 0.4) is 0 Å². The molecule has 1 N–H and O–H groups in total. The first-order valence-corrected chi connectivity index (χ1v) is 11.2. The molecule has 0 aliphatic heterocycles. The fourth-order valence-corrected chi connectivity index (χ4v) is 4.14. The second kappa shape index (κ2) is 9.98. The van der Waals surface area contributed by atoms with Gasteiger partial charge in [-0.2, -0.15) is 0 Å². The summed E-state index contributed by atoms with van der Waals surface area (Å²) >= 11 is 0. The molecule has 0 aliphatic carbocycles. The normalized spacial score (nSPS) is 12.9. The zero-order chi connectivity index (χ0) is 21.6. The molecule has 0 saturated heterocycles. The lowest BCUT2D eigenvalue weighted by molar-refractivity contribution is -0.121. The van der Waals surface area contributed by atoms with Gasteiger partial charge in [-0.05, 0) is 54.7 Å². The number of rotatable bonds is 9. The quantitative estimate of drug-likeness (QED) is 0.660. The number of nitrogens with zero attached hydrogens (tertiary/aromatic N) is 1. The molecular weight excluding hydrogens is 391 g/mol. The summed E-state index contributed by atoms with van der Waals surface area (Å²) < 4.78 is 39.1. The molecule has 2 rings (SSSR count). The van der Waals surface area contributed by atoms with Crippen LogP contribution in [-0.2, 0) is 14.8 Å². The van der Waals surface area contributed by atoms with E-state index in [9.17, 15) is 17.6 Å². The number of nitrogens with one attached hydrogen (secondary N) is 1. The van der Waals surface area contributed by atoms with Gasteiger partial charge in [0.2, 0.25) is 15.9 Å². The van der Waals surface area contributed by atoms with Crippen molar-refractivity contribution in [3.05, 3.63) is 65.5 Å². The average Bonchev–Trinajstić information content (AvgIpc) is 2.68. The van der Waals surface area contributed by atoms with Crippen LogP contribution in [0.1, 0.15) is 56.7 Å². The molecule has 1 amide bonds. The van der Waals surface area contributed by atoms with Gasteiger partial charge >= 0.3 is 0 Å². The van der Waals surface area contributed by atoms with Gasteiger partial charge in [-0.15, -0.1) is 0 Å². The van der Waals surface area contributed by atoms with Crippen LogP contribution in [0.5, 0.6) is 0 Å². The smallest absolute Gasteiger partial charge is 0.242 e. The van der Waals surface area contributed by atoms with Crippen LogP contribution < -0.4 is 5.32 Å². The van der Waals surface area contributed by atoms with Gasteiger partial charge in [-0.25, -0.2) is 17.1 Å². The number of benzene rings is 2. The third kappa shape index (κ3) is 6.37. The molecule has 0 aliphatic rings. The first-order valence-electron chi connectivity index (χ1n) is 9.72. The second-order valence-electron chi connectivity index (χ2n) is 7.49. The molecule has 158 valence electrons. The summed E-state index contributed by atoms with van der Waals surface area (Å²) in [6.45, 7) is 6.39. The molecule has 1 atom stereocenters. The summed E-state index contributed by atoms with van der Waals surface area (Å²) in [7, 11) is -2.24. The Morgan fingerprint density at radius 2 is 1.55 bits per heavy atom. The van der Waals surface area contributed by atoms with Gasteiger partial charge in [0, 0.05) is 20.0 Å². The molecule has 29 heavy (non-hydrogen) atoms. The molecular formula is C22H29FN2O3S. The van der Waals surface area contributed by atoms with Crippen LogP contribution in [0.2, 0.25) is 0 Å². The average molecular weight is 421 g/mol. The summed E-state index contributed by atoms with van der Waals surface area (Å²) in [6, 6.07) is 12.7. The summed E-state index contributed by atoms with van der Waals surface area (Å²) in [6.07, 6.45) is 0.611. The van der Waals surface area contributed by atoms with Crippen molar-refractivity contribution < 1.29 is 17.6 Å². The summed E-state index contributed by atoms with van der Waals surface area (Å²) in [5.74, 6) is -0.161. The molecule has 2 aromatic rings. The van der Waals surface area contributed by atoms with Gasteiger partial charge in [0.25, 0.3) is 0 Å². The van der Waals surface area contributed by atoms with Crippen LogP contribution in [0.25, 0.3) is 0 Å². The van der Waals surface area contributed by atoms with E-state index in [0.29, 0.717) is 12.3 Å². The second-order valence-corrected chi connectivity index (χ2v) is 9.54. The first-order chi connectivity index (χ1) is 13.6. The van der Waals surface area contributed by atoms with Crippen molar-refractivity contribution in [3.8, 4) is 0 Å². The zero-order valence-corrected chi connectivity index (χ0v) is 18.2. The summed E-state index contributed by atoms with van der Waals surface area (Å²) in [5.41, 5.74) is 2.27. The molecule has 0 spiro atoms. The number of hydrogen-bond acceptors (Lipinski definition) is 3. The third-order valence-corrected chi connectivity index (χ3v) is 6.75. The Bertz CT molecular complexity index is 910. The number of halogens is 1. The molecule has 2 aromatic carbocycles. The van der Waals surface area contributed by atoms with E-state index in [1.807, 2.05) is 19.1 Å². The van der Waals surface area contributed by atoms with Crippen molar-refractivity contribution in [1.29, 1.82) is 0 Å². The Balaban J connectivity index is 1.83. The molecule has 7 heteroatoms. The molecule has 0 heterocycles. The molecule has 0 bridgehead atoms. The minimum Gasteiger partial charge on any atom is -0.350 e. The van der Waals surface area contributed by atoms with Crippen LogP contribution in [0.15, 0.2) is 53.4 Å². The lowest BCUT2D eigenvalue weighted by Crippen LogP contribution is -2.30. The highest BCUT2D eigenvalue weighted by atomic mass is 32.2. The minimum absolute atomic E-state index is 0.0318. The van der Waals surface area contributed by atoms with Crippen molar-refractivity contribution in [1.82, 2.24) is 9.62 Å². The van der Waals surface area contributed by atoms with Crippen molar-refractivity contribution in [2.24, 2.45) is 0 Å². The predicted octanol–water partition coefficient (Wildman–Crippen LogP) is 4.23. The molecule has 0 fully saturated rings. The van der Waals surface area contributed by atoms with E-state index < -0.39 is 15.8 Å². The van der Waals surface area contributed by atoms with E-state index in [-0.39, 0.29) is 29.8 Å². The Kier molecular flexibility index (Phi) is 7.93. The first kappa shape index (κ1) is 23.0. The van der Waals surface area contributed by atoms with Crippen LogP contribution in [-0.4, -0.2) is 32.2 Å². The number of amides is 1. The number of sulfonamides is 1. The highest BCUT2D eigenvalue weighted by molar-refractivity contribution is 7.89. The SMILES string of the molecule is CC(C)c1ccc(C(C)NC(=O)CCCN(C)S(=O)(=O)c2ccc(F)cc2)cc1. The number of hydrogen-bond donors (Lipinski definition) is 1. The van der Waals surface area contributed by atoms with Gasteiger partial charge in [0.15, 0.2) is 0 Å². The highest BCUT2D eigenvalue weighted by Crippen LogP contribution is 2.19. The van der Waals surface area contributed by atoms with E-state index in [4.69, 9.17) is 0 Å². The van der Waals surface area contributed by atoms with E-state index in [1.54, 1.807) is 0 Å². The maximum absolute atomic E-state index is 13.0. The number of carbonyl (C=O) groups is 1. The Morgan fingerprint density at radius 1 is 1.00 bits per heavy atom. The number of carbonyl (C=O) groups excluding carboxylic acids is 1. The highest BCUT2D eigenvalue weighted by Gasteiger charge is 2.20. The molecule has 1 unspecified atom stereocenters. The largest absolute Gasteiger partial charge is 0.350 e. The van der Waals surface area contributed by atoms with Crippen molar-refractivity contribution in [3.63, 3.8) is 0 Å². The van der Waals surface area contributed by atoms with Gasteiger partial charge in [-0.1, -0.05) is 38.1 Å². The van der Waals surface area contributed by atoms with Crippen molar-refractivity contribution >= 4 is 15.9 Å². The standard InChI is InChI=1S/C22H29FN2O3S/c1-16(2)18-7-9-19(10-8-18)17(3)24-22(26)6-5-15-25(4)29(27,28)21-13-11-20(23)12-14-21/h7-14,16-17H,5-6,15H2,1-4H3,(H,24,26). The lowest BCUT2D eigenvalue weighted by Gasteiger charge is -2.18. The molecule has 0 saturated carbocycles. The Hall–Kier alpha value is -2.25. The topological polar surface area (TPSA) is 66.5 Å². The monoisotopic (exact) mass is 420 g/mol. The van der Waals surface area contributed by atoms with Gasteiger partial charge in [-0.3, -0.25) is 4.79 Å². The maximum Gasteiger partial charge on any atom is 0.242 e. The Labute approximate surface area is 173 Å². The summed E-state index contributed by atoms with van der Waals surface area (Å²) in [4.78, 5) is 12.3.